The lowest BCUT2D eigenvalue weighted by Crippen LogP contribution is -2.52. The molecule has 0 radical (unpaired) electrons. The van der Waals surface area contributed by atoms with E-state index < -0.39 is 59.3 Å². The molecule has 0 aromatic carbocycles. The molecule has 0 amide bonds. The van der Waals surface area contributed by atoms with Gasteiger partial charge in [0.15, 0.2) is 6.17 Å². The van der Waals surface area contributed by atoms with Crippen LogP contribution in [-0.2, 0) is 10.1 Å². The van der Waals surface area contributed by atoms with Gasteiger partial charge in [0.1, 0.15) is 0 Å². The molecule has 0 aromatic heterocycles. The van der Waals surface area contributed by atoms with Gasteiger partial charge in [-0.15, -0.1) is 0 Å². The fraction of sp³-hybridized carbons (Fsp3) is 1.00. The number of unbranched alkanes of at least 4 members (excludes halogenated alkanes) is 1. The van der Waals surface area contributed by atoms with Gasteiger partial charge in [-0.1, -0.05) is 0 Å². The molecule has 0 saturated carbocycles. The maximum absolute atomic E-state index is 12.9. The number of halogens is 8. The van der Waals surface area contributed by atoms with E-state index in [1.165, 1.54) is 0 Å². The summed E-state index contributed by atoms with van der Waals surface area (Å²) >= 11 is 0. The van der Waals surface area contributed by atoms with Gasteiger partial charge < -0.3 is 0 Å². The number of alkyl halides is 8. The van der Waals surface area contributed by atoms with Crippen LogP contribution in [0.3, 0.4) is 0 Å². The third-order valence-electron chi connectivity index (χ3n) is 2.27. The second kappa shape index (κ2) is 6.00. The topological polar surface area (TPSA) is 54.4 Å². The number of hydrogen-bond donors (Lipinski definition) is 1. The van der Waals surface area contributed by atoms with Gasteiger partial charge in [0, 0.05) is 6.42 Å². The van der Waals surface area contributed by atoms with E-state index >= 15 is 0 Å². The van der Waals surface area contributed by atoms with Crippen LogP contribution in [0.2, 0.25) is 0 Å². The Labute approximate surface area is 108 Å². The Morgan fingerprint density at radius 1 is 0.950 bits per heavy atom. The molecular formula is C8H10F8O3S. The highest BCUT2D eigenvalue weighted by Crippen LogP contribution is 2.43. The van der Waals surface area contributed by atoms with Crippen molar-refractivity contribution in [2.75, 3.05) is 0 Å². The zero-order valence-corrected chi connectivity index (χ0v) is 10.4. The monoisotopic (exact) mass is 338 g/mol. The van der Waals surface area contributed by atoms with E-state index in [9.17, 15) is 43.5 Å². The molecule has 20 heavy (non-hydrogen) atoms. The number of hydrogen-bond acceptors (Lipinski definition) is 2. The second-order valence-corrected chi connectivity index (χ2v) is 5.41. The Hall–Kier alpha value is -0.650. The minimum absolute atomic E-state index is 0.780. The van der Waals surface area contributed by atoms with Crippen LogP contribution >= 0.6 is 0 Å². The summed E-state index contributed by atoms with van der Waals surface area (Å²) in [6.45, 7) is 0. The fourth-order valence-electron chi connectivity index (χ4n) is 1.18. The first kappa shape index (κ1) is 19.4. The van der Waals surface area contributed by atoms with Crippen LogP contribution < -0.4 is 0 Å². The standard InChI is InChI=1S/C8H10F8O3S/c9-5(3-1-2-4-6(10,11)12)7(13,14)8(15,16)20(17,18)19/h5H,1-4H2,(H,17,18,19). The Balaban J connectivity index is 4.65. The molecule has 0 aliphatic carbocycles. The summed E-state index contributed by atoms with van der Waals surface area (Å²) in [6.07, 6.45) is -12.7. The first-order chi connectivity index (χ1) is 8.63. The summed E-state index contributed by atoms with van der Waals surface area (Å²) in [5.41, 5.74) is 0. The predicted octanol–water partition coefficient (Wildman–Crippen LogP) is 3.56. The van der Waals surface area contributed by atoms with Crippen LogP contribution in [0.1, 0.15) is 25.7 Å². The molecule has 0 aromatic rings. The summed E-state index contributed by atoms with van der Waals surface area (Å²) in [6, 6.07) is 0. The summed E-state index contributed by atoms with van der Waals surface area (Å²) in [4.78, 5) is 0. The van der Waals surface area contributed by atoms with Crippen LogP contribution in [0.25, 0.3) is 0 Å². The van der Waals surface area contributed by atoms with E-state index in [1.54, 1.807) is 0 Å². The summed E-state index contributed by atoms with van der Waals surface area (Å²) in [5, 5.41) is -6.07. The molecule has 1 unspecified atom stereocenters. The van der Waals surface area contributed by atoms with E-state index in [1.807, 2.05) is 0 Å². The fourth-order valence-corrected chi connectivity index (χ4v) is 1.66. The lowest BCUT2D eigenvalue weighted by molar-refractivity contribution is -0.198. The highest BCUT2D eigenvalue weighted by molar-refractivity contribution is 7.87. The Morgan fingerprint density at radius 3 is 1.75 bits per heavy atom. The van der Waals surface area contributed by atoms with E-state index in [0.717, 1.165) is 0 Å². The molecule has 0 heterocycles. The molecule has 0 fully saturated rings. The highest BCUT2D eigenvalue weighted by atomic mass is 32.2. The first-order valence-corrected chi connectivity index (χ1v) is 6.50. The maximum Gasteiger partial charge on any atom is 0.434 e. The van der Waals surface area contributed by atoms with Gasteiger partial charge in [-0.05, 0) is 19.3 Å². The molecule has 1 N–H and O–H groups in total. The molecule has 0 spiro atoms. The lowest BCUT2D eigenvalue weighted by Gasteiger charge is -2.26. The first-order valence-electron chi connectivity index (χ1n) is 5.06. The summed E-state index contributed by atoms with van der Waals surface area (Å²) < 4.78 is 127. The van der Waals surface area contributed by atoms with Gasteiger partial charge in [0.05, 0.1) is 0 Å². The largest absolute Gasteiger partial charge is 0.434 e. The summed E-state index contributed by atoms with van der Waals surface area (Å²) in [7, 11) is -6.56. The normalized spacial score (nSPS) is 16.2. The molecule has 3 nitrogen and oxygen atoms in total. The van der Waals surface area contributed by atoms with Gasteiger partial charge in [-0.2, -0.15) is 39.2 Å². The third kappa shape index (κ3) is 4.72. The smallest absolute Gasteiger partial charge is 0.281 e. The zero-order chi connectivity index (χ0) is 16.4. The lowest BCUT2D eigenvalue weighted by atomic mass is 10.1. The molecule has 0 aliphatic heterocycles. The van der Waals surface area contributed by atoms with Gasteiger partial charge in [-0.3, -0.25) is 4.55 Å². The average Bonchev–Trinajstić information content (AvgIpc) is 2.20. The Kier molecular flexibility index (Phi) is 5.80. The van der Waals surface area contributed by atoms with Crippen LogP contribution in [-0.4, -0.2) is 36.5 Å². The van der Waals surface area contributed by atoms with Crippen molar-refractivity contribution < 1.29 is 48.1 Å². The predicted molar refractivity (Wildman–Crippen MR) is 50.9 cm³/mol. The quantitative estimate of drug-likeness (QED) is 0.439. The van der Waals surface area contributed by atoms with E-state index in [4.69, 9.17) is 4.55 Å². The third-order valence-corrected chi connectivity index (χ3v) is 3.19. The van der Waals surface area contributed by atoms with Gasteiger partial charge >= 0.3 is 27.5 Å². The van der Waals surface area contributed by atoms with Crippen LogP contribution in [0.4, 0.5) is 35.1 Å². The van der Waals surface area contributed by atoms with Gasteiger partial charge in [0.2, 0.25) is 0 Å². The molecule has 1 atom stereocenters. The van der Waals surface area contributed by atoms with E-state index in [2.05, 4.69) is 0 Å². The summed E-state index contributed by atoms with van der Waals surface area (Å²) in [5.74, 6) is -5.75. The van der Waals surface area contributed by atoms with Crippen molar-refractivity contribution in [3.05, 3.63) is 0 Å². The molecule has 0 bridgehead atoms. The van der Waals surface area contributed by atoms with Crippen molar-refractivity contribution in [2.24, 2.45) is 0 Å². The molecule has 0 saturated heterocycles. The minimum atomic E-state index is -6.56. The molecule has 0 aliphatic rings. The minimum Gasteiger partial charge on any atom is -0.281 e. The van der Waals surface area contributed by atoms with Crippen molar-refractivity contribution in [2.45, 2.75) is 49.2 Å². The number of rotatable bonds is 7. The van der Waals surface area contributed by atoms with Gasteiger partial charge in [-0.25, -0.2) is 4.39 Å². The van der Waals surface area contributed by atoms with Crippen molar-refractivity contribution >= 4 is 10.1 Å². The molecule has 0 rings (SSSR count). The maximum atomic E-state index is 12.9. The van der Waals surface area contributed by atoms with E-state index in [0.29, 0.717) is 0 Å². The van der Waals surface area contributed by atoms with Crippen molar-refractivity contribution in [3.63, 3.8) is 0 Å². The average molecular weight is 338 g/mol. The van der Waals surface area contributed by atoms with E-state index in [-0.39, 0.29) is 0 Å². The van der Waals surface area contributed by atoms with Crippen LogP contribution in [0.5, 0.6) is 0 Å². The Morgan fingerprint density at radius 2 is 1.40 bits per heavy atom. The highest BCUT2D eigenvalue weighted by Gasteiger charge is 2.69. The SMILES string of the molecule is O=S(=O)(O)C(F)(F)C(F)(F)C(F)CCCCC(F)(F)F. The Bertz CT molecular complexity index is 416. The van der Waals surface area contributed by atoms with Crippen LogP contribution in [0.15, 0.2) is 0 Å². The second-order valence-electron chi connectivity index (χ2n) is 3.94. The van der Waals surface area contributed by atoms with Crippen molar-refractivity contribution in [3.8, 4) is 0 Å². The molecule has 122 valence electrons. The van der Waals surface area contributed by atoms with Crippen molar-refractivity contribution in [1.29, 1.82) is 0 Å². The van der Waals surface area contributed by atoms with Crippen LogP contribution in [0, 0.1) is 0 Å². The molecular weight excluding hydrogens is 328 g/mol. The zero-order valence-electron chi connectivity index (χ0n) is 9.60. The van der Waals surface area contributed by atoms with Crippen molar-refractivity contribution in [1.82, 2.24) is 0 Å². The molecule has 12 heteroatoms. The van der Waals surface area contributed by atoms with Gasteiger partial charge in [0.25, 0.3) is 0 Å².